The predicted octanol–water partition coefficient (Wildman–Crippen LogP) is 3.82. The van der Waals surface area contributed by atoms with Crippen molar-refractivity contribution in [1.29, 1.82) is 0 Å². The fourth-order valence-electron chi connectivity index (χ4n) is 2.29. The van der Waals surface area contributed by atoms with Crippen molar-refractivity contribution in [3.8, 4) is 0 Å². The highest BCUT2D eigenvalue weighted by atomic mass is 35.5. The number of nitrogens with one attached hydrogen (secondary N) is 2. The molecule has 0 bridgehead atoms. The van der Waals surface area contributed by atoms with Crippen LogP contribution >= 0.6 is 11.6 Å². The lowest BCUT2D eigenvalue weighted by Gasteiger charge is -2.09. The molecule has 0 atom stereocenters. The molecule has 1 aromatic carbocycles. The van der Waals surface area contributed by atoms with Gasteiger partial charge in [0, 0.05) is 22.5 Å². The van der Waals surface area contributed by atoms with Crippen molar-refractivity contribution in [1.82, 2.24) is 10.3 Å². The van der Waals surface area contributed by atoms with Crippen LogP contribution in [0.5, 0.6) is 0 Å². The van der Waals surface area contributed by atoms with Gasteiger partial charge < -0.3 is 15.1 Å². The number of carbonyl (C=O) groups is 2. The first-order chi connectivity index (χ1) is 12.5. The lowest BCUT2D eigenvalue weighted by molar-refractivity contribution is 0.0943. The van der Waals surface area contributed by atoms with Gasteiger partial charge in [-0.25, -0.2) is 0 Å². The van der Waals surface area contributed by atoms with Gasteiger partial charge >= 0.3 is 0 Å². The number of aromatic nitrogens is 1. The third-order valence-electron chi connectivity index (χ3n) is 3.71. The molecule has 0 radical (unpaired) electrons. The van der Waals surface area contributed by atoms with E-state index in [1.54, 1.807) is 30.3 Å². The number of hydrogen-bond donors (Lipinski definition) is 2. The Morgan fingerprint density at radius 3 is 2.77 bits per heavy atom. The van der Waals surface area contributed by atoms with Crippen molar-refractivity contribution >= 4 is 29.1 Å². The molecule has 7 heteroatoms. The average Bonchev–Trinajstić information content (AvgIpc) is 3.16. The Morgan fingerprint density at radius 1 is 1.15 bits per heavy atom. The summed E-state index contributed by atoms with van der Waals surface area (Å²) < 4.78 is 5.16. The minimum atomic E-state index is -0.394. The van der Waals surface area contributed by atoms with Crippen LogP contribution in [0.4, 0.5) is 5.69 Å². The van der Waals surface area contributed by atoms with E-state index in [4.69, 9.17) is 16.0 Å². The van der Waals surface area contributed by atoms with Gasteiger partial charge in [0.1, 0.15) is 11.5 Å². The number of nitrogens with zero attached hydrogens (tertiary/aromatic N) is 1. The smallest absolute Gasteiger partial charge is 0.270 e. The number of aryl methyl sites for hydroxylation is 1. The summed E-state index contributed by atoms with van der Waals surface area (Å²) in [5.41, 5.74) is 1.96. The zero-order valence-corrected chi connectivity index (χ0v) is 14.7. The zero-order chi connectivity index (χ0) is 18.5. The maximum atomic E-state index is 12.5. The number of anilines is 1. The van der Waals surface area contributed by atoms with E-state index in [0.29, 0.717) is 22.0 Å². The molecule has 3 aromatic rings. The van der Waals surface area contributed by atoms with Gasteiger partial charge in [0.05, 0.1) is 12.8 Å². The van der Waals surface area contributed by atoms with Crippen molar-refractivity contribution < 1.29 is 14.0 Å². The number of amides is 2. The molecule has 132 valence electrons. The number of carbonyl (C=O) groups excluding carboxylic acids is 2. The summed E-state index contributed by atoms with van der Waals surface area (Å²) in [6.45, 7) is 2.11. The molecule has 0 aliphatic rings. The van der Waals surface area contributed by atoms with Crippen molar-refractivity contribution in [2.45, 2.75) is 13.5 Å². The lowest BCUT2D eigenvalue weighted by Crippen LogP contribution is -2.24. The average molecular weight is 370 g/mol. The van der Waals surface area contributed by atoms with Gasteiger partial charge in [-0.3, -0.25) is 14.6 Å². The van der Waals surface area contributed by atoms with Gasteiger partial charge in [-0.2, -0.15) is 0 Å². The van der Waals surface area contributed by atoms with E-state index in [0.717, 1.165) is 5.56 Å². The molecular weight excluding hydrogens is 354 g/mol. The Morgan fingerprint density at radius 2 is 2.00 bits per heavy atom. The van der Waals surface area contributed by atoms with Gasteiger partial charge in [-0.1, -0.05) is 17.7 Å². The highest BCUT2D eigenvalue weighted by molar-refractivity contribution is 6.31. The second-order valence-electron chi connectivity index (χ2n) is 5.61. The van der Waals surface area contributed by atoms with E-state index < -0.39 is 5.91 Å². The molecule has 0 spiro atoms. The van der Waals surface area contributed by atoms with E-state index in [1.165, 1.54) is 18.5 Å². The summed E-state index contributed by atoms with van der Waals surface area (Å²) in [5, 5.41) is 6.01. The molecule has 2 heterocycles. The molecule has 0 aliphatic heterocycles. The minimum Gasteiger partial charge on any atom is -0.467 e. The molecule has 0 fully saturated rings. The van der Waals surface area contributed by atoms with Gasteiger partial charge in [0.15, 0.2) is 0 Å². The second kappa shape index (κ2) is 7.84. The van der Waals surface area contributed by atoms with E-state index in [-0.39, 0.29) is 18.1 Å². The van der Waals surface area contributed by atoms with Crippen molar-refractivity contribution in [3.05, 3.63) is 82.5 Å². The molecule has 0 unspecified atom stereocenters. The SMILES string of the molecule is Cc1ccc(Cl)cc1NC(=O)c1ccnc(C(=O)NCc2ccco2)c1. The summed E-state index contributed by atoms with van der Waals surface area (Å²) in [4.78, 5) is 28.7. The van der Waals surface area contributed by atoms with Gasteiger partial charge in [0.2, 0.25) is 0 Å². The lowest BCUT2D eigenvalue weighted by atomic mass is 10.1. The molecule has 6 nitrogen and oxygen atoms in total. The van der Waals surface area contributed by atoms with Gasteiger partial charge in [-0.05, 0) is 48.9 Å². The van der Waals surface area contributed by atoms with Crippen LogP contribution in [0.25, 0.3) is 0 Å². The van der Waals surface area contributed by atoms with E-state index >= 15 is 0 Å². The molecule has 2 aromatic heterocycles. The third-order valence-corrected chi connectivity index (χ3v) is 3.94. The fraction of sp³-hybridized carbons (Fsp3) is 0.105. The van der Waals surface area contributed by atoms with E-state index in [1.807, 2.05) is 13.0 Å². The minimum absolute atomic E-state index is 0.145. The molecule has 0 saturated carbocycles. The van der Waals surface area contributed by atoms with Gasteiger partial charge in [0.25, 0.3) is 11.8 Å². The van der Waals surface area contributed by atoms with Crippen molar-refractivity contribution in [2.24, 2.45) is 0 Å². The Bertz CT molecular complexity index is 939. The van der Waals surface area contributed by atoms with Crippen molar-refractivity contribution in [2.75, 3.05) is 5.32 Å². The van der Waals surface area contributed by atoms with Crippen LogP contribution in [0.2, 0.25) is 5.02 Å². The molecule has 0 saturated heterocycles. The zero-order valence-electron chi connectivity index (χ0n) is 14.0. The predicted molar refractivity (Wildman–Crippen MR) is 98.3 cm³/mol. The summed E-state index contributed by atoms with van der Waals surface area (Å²) in [6, 6.07) is 11.7. The molecule has 0 aliphatic carbocycles. The highest BCUT2D eigenvalue weighted by Gasteiger charge is 2.13. The first-order valence-electron chi connectivity index (χ1n) is 7.87. The van der Waals surface area contributed by atoms with Crippen LogP contribution in [-0.4, -0.2) is 16.8 Å². The largest absolute Gasteiger partial charge is 0.467 e. The van der Waals surface area contributed by atoms with Crippen LogP contribution in [-0.2, 0) is 6.54 Å². The van der Waals surface area contributed by atoms with Crippen LogP contribution in [0.1, 0.15) is 32.2 Å². The molecule has 2 N–H and O–H groups in total. The Hall–Kier alpha value is -3.12. The number of pyridine rings is 1. The quantitative estimate of drug-likeness (QED) is 0.716. The summed E-state index contributed by atoms with van der Waals surface area (Å²) in [6.07, 6.45) is 2.95. The first-order valence-corrected chi connectivity index (χ1v) is 8.25. The normalized spacial score (nSPS) is 10.4. The summed E-state index contributed by atoms with van der Waals surface area (Å²) >= 11 is 5.97. The topological polar surface area (TPSA) is 84.2 Å². The molecular formula is C19H16ClN3O3. The fourth-order valence-corrected chi connectivity index (χ4v) is 2.46. The Balaban J connectivity index is 1.70. The Labute approximate surface area is 155 Å². The van der Waals surface area contributed by atoms with Crippen LogP contribution in [0.15, 0.2) is 59.3 Å². The van der Waals surface area contributed by atoms with E-state index in [2.05, 4.69) is 15.6 Å². The number of rotatable bonds is 5. The van der Waals surface area contributed by atoms with E-state index in [9.17, 15) is 9.59 Å². The highest BCUT2D eigenvalue weighted by Crippen LogP contribution is 2.21. The summed E-state index contributed by atoms with van der Waals surface area (Å²) in [5.74, 6) is -0.114. The number of hydrogen-bond acceptors (Lipinski definition) is 4. The first kappa shape index (κ1) is 17.7. The Kier molecular flexibility index (Phi) is 5.34. The number of benzene rings is 1. The maximum Gasteiger partial charge on any atom is 0.270 e. The standard InChI is InChI=1S/C19H16ClN3O3/c1-12-4-5-14(20)10-16(12)23-18(24)13-6-7-21-17(9-13)19(25)22-11-15-3-2-8-26-15/h2-10H,11H2,1H3,(H,22,25)(H,23,24). The maximum absolute atomic E-state index is 12.5. The number of halogens is 1. The molecule has 26 heavy (non-hydrogen) atoms. The molecule has 3 rings (SSSR count). The van der Waals surface area contributed by atoms with Crippen molar-refractivity contribution in [3.63, 3.8) is 0 Å². The third kappa shape index (κ3) is 4.29. The monoisotopic (exact) mass is 369 g/mol. The number of furan rings is 1. The summed E-state index contributed by atoms with van der Waals surface area (Å²) in [7, 11) is 0. The van der Waals surface area contributed by atoms with Crippen LogP contribution in [0, 0.1) is 6.92 Å². The van der Waals surface area contributed by atoms with Crippen LogP contribution < -0.4 is 10.6 Å². The van der Waals surface area contributed by atoms with Crippen LogP contribution in [0.3, 0.4) is 0 Å². The van der Waals surface area contributed by atoms with Gasteiger partial charge in [-0.15, -0.1) is 0 Å². The molecule has 2 amide bonds. The second-order valence-corrected chi connectivity index (χ2v) is 6.04.